The highest BCUT2D eigenvalue weighted by molar-refractivity contribution is 5.84. The molecule has 2 atom stereocenters. The molecule has 1 aromatic carbocycles. The average Bonchev–Trinajstić information content (AvgIpc) is 3.36. The molecule has 2 saturated heterocycles. The molecule has 0 saturated carbocycles. The predicted molar refractivity (Wildman–Crippen MR) is 96.0 cm³/mol. The number of hydrogen-bond acceptors (Lipinski definition) is 6. The van der Waals surface area contributed by atoms with Gasteiger partial charge in [-0.05, 0) is 30.7 Å². The van der Waals surface area contributed by atoms with Crippen LogP contribution >= 0.6 is 0 Å². The fourth-order valence-corrected chi connectivity index (χ4v) is 3.60. The molecule has 28 heavy (non-hydrogen) atoms. The summed E-state index contributed by atoms with van der Waals surface area (Å²) in [6.45, 7) is 0.455. The second-order valence-electron chi connectivity index (χ2n) is 7.17. The molecular weight excluding hydrogens is 367 g/mol. The topological polar surface area (TPSA) is 97.6 Å². The highest BCUT2D eigenvalue weighted by atomic mass is 19.1. The van der Waals surface area contributed by atoms with Crippen LogP contribution in [0, 0.1) is 5.92 Å². The van der Waals surface area contributed by atoms with E-state index >= 15 is 4.39 Å². The fraction of sp³-hybridized carbons (Fsp3) is 0.474. The molecule has 2 aliphatic rings. The van der Waals surface area contributed by atoms with Crippen molar-refractivity contribution < 1.29 is 23.2 Å². The Labute approximate surface area is 161 Å². The monoisotopic (exact) mass is 388 g/mol. The largest absolute Gasteiger partial charge is 0.497 e. The first-order valence-electron chi connectivity index (χ1n) is 9.21. The van der Waals surface area contributed by atoms with Gasteiger partial charge in [-0.2, -0.15) is 4.98 Å². The quantitative estimate of drug-likeness (QED) is 0.856. The number of carbonyl (C=O) groups excluding carboxylic acids is 2. The number of benzene rings is 1. The normalized spacial score (nSPS) is 24.9. The van der Waals surface area contributed by atoms with Crippen LogP contribution in [0.25, 0.3) is 11.4 Å². The van der Waals surface area contributed by atoms with Crippen LogP contribution in [0.15, 0.2) is 28.8 Å². The molecule has 0 aliphatic carbocycles. The van der Waals surface area contributed by atoms with Crippen molar-refractivity contribution in [2.75, 3.05) is 26.7 Å². The highest BCUT2D eigenvalue weighted by Gasteiger charge is 2.47. The summed E-state index contributed by atoms with van der Waals surface area (Å²) in [5.41, 5.74) is -1.19. The summed E-state index contributed by atoms with van der Waals surface area (Å²) in [6.07, 6.45) is 0.907. The van der Waals surface area contributed by atoms with Crippen molar-refractivity contribution in [3.05, 3.63) is 30.2 Å². The maximum Gasteiger partial charge on any atom is 0.266 e. The lowest BCUT2D eigenvalue weighted by Gasteiger charge is -2.26. The van der Waals surface area contributed by atoms with Crippen LogP contribution in [0.2, 0.25) is 0 Å². The SMILES string of the molecule is COc1ccc(-c2noc(C3(F)CCN(C(=O)C4CCC(=O)NC4)C3)n2)cc1. The van der Waals surface area contributed by atoms with Gasteiger partial charge in [0.25, 0.3) is 5.89 Å². The van der Waals surface area contributed by atoms with Crippen LogP contribution < -0.4 is 10.1 Å². The molecule has 2 unspecified atom stereocenters. The van der Waals surface area contributed by atoms with Gasteiger partial charge in [0.2, 0.25) is 23.3 Å². The Hall–Kier alpha value is -2.97. The smallest absolute Gasteiger partial charge is 0.266 e. The number of amides is 2. The van der Waals surface area contributed by atoms with E-state index in [-0.39, 0.29) is 49.0 Å². The summed E-state index contributed by atoms with van der Waals surface area (Å²) >= 11 is 0. The number of ether oxygens (including phenoxy) is 1. The van der Waals surface area contributed by atoms with Crippen LogP contribution in [0.4, 0.5) is 4.39 Å². The lowest BCUT2D eigenvalue weighted by molar-refractivity contribution is -0.137. The molecule has 8 nitrogen and oxygen atoms in total. The number of nitrogens with one attached hydrogen (secondary N) is 1. The summed E-state index contributed by atoms with van der Waals surface area (Å²) in [6, 6.07) is 7.05. The number of carbonyl (C=O) groups is 2. The van der Waals surface area contributed by atoms with Crippen LogP contribution in [-0.4, -0.2) is 53.6 Å². The molecular formula is C19H21FN4O4. The Bertz CT molecular complexity index is 874. The van der Waals surface area contributed by atoms with Crippen molar-refractivity contribution in [2.24, 2.45) is 5.92 Å². The number of hydrogen-bond donors (Lipinski definition) is 1. The van der Waals surface area contributed by atoms with Gasteiger partial charge in [-0.3, -0.25) is 9.59 Å². The summed E-state index contributed by atoms with van der Waals surface area (Å²) in [5.74, 6) is 0.354. The van der Waals surface area contributed by atoms with Crippen molar-refractivity contribution in [1.82, 2.24) is 20.4 Å². The van der Waals surface area contributed by atoms with Crippen molar-refractivity contribution in [3.63, 3.8) is 0 Å². The van der Waals surface area contributed by atoms with E-state index < -0.39 is 5.67 Å². The molecule has 2 aromatic rings. The Morgan fingerprint density at radius 2 is 2.18 bits per heavy atom. The molecule has 2 aliphatic heterocycles. The third-order valence-corrected chi connectivity index (χ3v) is 5.30. The zero-order valence-corrected chi connectivity index (χ0v) is 15.5. The van der Waals surface area contributed by atoms with Gasteiger partial charge in [0.1, 0.15) is 5.75 Å². The number of piperidine rings is 1. The standard InChI is InChI=1S/C19H21FN4O4/c1-27-14-5-2-12(3-6-14)16-22-18(28-23-16)19(20)8-9-24(11-19)17(26)13-4-7-15(25)21-10-13/h2-3,5-6,13H,4,7-11H2,1H3,(H,21,25). The zero-order valence-electron chi connectivity index (χ0n) is 15.5. The maximum atomic E-state index is 15.5. The minimum atomic E-state index is -1.87. The molecule has 0 radical (unpaired) electrons. The van der Waals surface area contributed by atoms with Crippen molar-refractivity contribution in [3.8, 4) is 17.1 Å². The van der Waals surface area contributed by atoms with E-state index in [0.717, 1.165) is 0 Å². The first kappa shape index (κ1) is 18.4. The van der Waals surface area contributed by atoms with Gasteiger partial charge in [0.05, 0.1) is 19.6 Å². The lowest BCUT2D eigenvalue weighted by Crippen LogP contribution is -2.44. The highest BCUT2D eigenvalue weighted by Crippen LogP contribution is 2.37. The van der Waals surface area contributed by atoms with Gasteiger partial charge in [-0.25, -0.2) is 4.39 Å². The van der Waals surface area contributed by atoms with Gasteiger partial charge >= 0.3 is 0 Å². The summed E-state index contributed by atoms with van der Waals surface area (Å²) in [4.78, 5) is 29.6. The Balaban J connectivity index is 1.45. The van der Waals surface area contributed by atoms with Gasteiger partial charge in [0, 0.05) is 31.5 Å². The Morgan fingerprint density at radius 1 is 1.39 bits per heavy atom. The number of nitrogens with zero attached hydrogens (tertiary/aromatic N) is 3. The van der Waals surface area contributed by atoms with E-state index in [4.69, 9.17) is 9.26 Å². The number of aromatic nitrogens is 2. The van der Waals surface area contributed by atoms with E-state index in [9.17, 15) is 9.59 Å². The first-order valence-corrected chi connectivity index (χ1v) is 9.21. The van der Waals surface area contributed by atoms with E-state index in [0.29, 0.717) is 30.7 Å². The Kier molecular flexibility index (Phi) is 4.74. The Morgan fingerprint density at radius 3 is 2.86 bits per heavy atom. The molecule has 148 valence electrons. The summed E-state index contributed by atoms with van der Waals surface area (Å²) in [7, 11) is 1.57. The van der Waals surface area contributed by atoms with Crippen LogP contribution in [0.5, 0.6) is 5.75 Å². The zero-order chi connectivity index (χ0) is 19.7. The van der Waals surface area contributed by atoms with Crippen LogP contribution in [-0.2, 0) is 15.3 Å². The average molecular weight is 388 g/mol. The van der Waals surface area contributed by atoms with Crippen molar-refractivity contribution >= 4 is 11.8 Å². The minimum absolute atomic E-state index is 0.0535. The summed E-state index contributed by atoms with van der Waals surface area (Å²) < 4.78 is 25.8. The maximum absolute atomic E-state index is 15.5. The number of rotatable bonds is 4. The second-order valence-corrected chi connectivity index (χ2v) is 7.17. The third kappa shape index (κ3) is 3.44. The fourth-order valence-electron chi connectivity index (χ4n) is 3.60. The van der Waals surface area contributed by atoms with E-state index in [1.165, 1.54) is 4.90 Å². The lowest BCUT2D eigenvalue weighted by atomic mass is 9.98. The number of likely N-dealkylation sites (tertiary alicyclic amines) is 1. The van der Waals surface area contributed by atoms with Crippen molar-refractivity contribution in [2.45, 2.75) is 24.9 Å². The molecule has 1 aromatic heterocycles. The van der Waals surface area contributed by atoms with Gasteiger partial charge in [-0.15, -0.1) is 0 Å². The number of methoxy groups -OCH3 is 1. The molecule has 2 amide bonds. The summed E-state index contributed by atoms with van der Waals surface area (Å²) in [5, 5.41) is 6.57. The molecule has 9 heteroatoms. The van der Waals surface area contributed by atoms with Crippen LogP contribution in [0.1, 0.15) is 25.2 Å². The van der Waals surface area contributed by atoms with E-state index in [2.05, 4.69) is 15.5 Å². The predicted octanol–water partition coefficient (Wildman–Crippen LogP) is 1.67. The van der Waals surface area contributed by atoms with Gasteiger partial charge < -0.3 is 19.5 Å². The molecule has 0 spiro atoms. The molecule has 3 heterocycles. The van der Waals surface area contributed by atoms with Gasteiger partial charge in [-0.1, -0.05) is 5.16 Å². The molecule has 0 bridgehead atoms. The van der Waals surface area contributed by atoms with E-state index in [1.807, 2.05) is 0 Å². The van der Waals surface area contributed by atoms with E-state index in [1.54, 1.807) is 31.4 Å². The second kappa shape index (κ2) is 7.21. The number of halogens is 1. The van der Waals surface area contributed by atoms with Gasteiger partial charge in [0.15, 0.2) is 0 Å². The minimum Gasteiger partial charge on any atom is -0.497 e. The molecule has 2 fully saturated rings. The first-order chi connectivity index (χ1) is 13.5. The third-order valence-electron chi connectivity index (χ3n) is 5.30. The molecule has 4 rings (SSSR count). The molecule has 1 N–H and O–H groups in total. The number of alkyl halides is 1. The van der Waals surface area contributed by atoms with Crippen LogP contribution in [0.3, 0.4) is 0 Å². The van der Waals surface area contributed by atoms with Crippen molar-refractivity contribution in [1.29, 1.82) is 0 Å².